The minimum absolute atomic E-state index is 0.140. The molecule has 6 aromatic rings. The van der Waals surface area contributed by atoms with Crippen LogP contribution in [0, 0.1) is 0 Å². The van der Waals surface area contributed by atoms with Crippen molar-refractivity contribution in [3.05, 3.63) is 128 Å². The first-order chi connectivity index (χ1) is 24.4. The normalized spacial score (nSPS) is 14.3. The lowest BCUT2D eigenvalue weighted by Gasteiger charge is -2.45. The molecule has 0 unspecified atom stereocenters. The molecule has 7 rings (SSSR count). The highest BCUT2D eigenvalue weighted by atomic mass is 35.5. The molecule has 1 saturated carbocycles. The highest BCUT2D eigenvalue weighted by Crippen LogP contribution is 2.49. The molecule has 0 radical (unpaired) electrons. The number of hydrogen-bond donors (Lipinski definition) is 1. The summed E-state index contributed by atoms with van der Waals surface area (Å²) in [5.74, 6) is -0.548. The quantitative estimate of drug-likeness (QED) is 0.108. The minimum Gasteiger partial charge on any atom is -0.420 e. The van der Waals surface area contributed by atoms with Crippen molar-refractivity contribution in [2.75, 3.05) is 5.32 Å². The van der Waals surface area contributed by atoms with Crippen molar-refractivity contribution in [2.45, 2.75) is 56.4 Å². The van der Waals surface area contributed by atoms with Gasteiger partial charge in [0, 0.05) is 46.4 Å². The molecule has 2 aromatic heterocycles. The van der Waals surface area contributed by atoms with Crippen molar-refractivity contribution in [3.8, 4) is 16.9 Å². The Hall–Kier alpha value is -4.97. The molecule has 1 aliphatic rings. The standard InChI is InChI=1S/C39H36ClF2N5O3Si/c1-37(2,3)51(31-10-6-4-7-11-31,32-12-8-5-9-13-32)50-38(18-19-38)24-47-26-45-34-21-27(20-33(35(34)47)28-22-43-25-44-23-28)36(48)46-29-14-16-30(17-15-29)49-39(40,41)42/h4-17,20-23,25-26H,18-19,24H2,1-3H3,(H,46,48). The summed E-state index contributed by atoms with van der Waals surface area (Å²) in [6.45, 7) is 7.41. The second-order valence-corrected chi connectivity index (χ2v) is 18.5. The number of aromatic nitrogens is 4. The van der Waals surface area contributed by atoms with Gasteiger partial charge in [0.2, 0.25) is 0 Å². The Morgan fingerprint density at radius 2 is 1.53 bits per heavy atom. The van der Waals surface area contributed by atoms with Gasteiger partial charge in [-0.1, -0.05) is 81.4 Å². The number of rotatable bonds is 11. The van der Waals surface area contributed by atoms with Gasteiger partial charge in [-0.15, -0.1) is 8.78 Å². The fraction of sp³-hybridized carbons (Fsp3) is 0.231. The van der Waals surface area contributed by atoms with E-state index in [-0.39, 0.29) is 10.8 Å². The van der Waals surface area contributed by atoms with E-state index in [0.717, 1.165) is 29.5 Å². The lowest BCUT2D eigenvalue weighted by atomic mass is 10.0. The number of alkyl halides is 3. The molecule has 1 amide bonds. The predicted molar refractivity (Wildman–Crippen MR) is 197 cm³/mol. The van der Waals surface area contributed by atoms with E-state index in [4.69, 9.17) is 21.0 Å². The van der Waals surface area contributed by atoms with Crippen LogP contribution in [0.1, 0.15) is 44.0 Å². The van der Waals surface area contributed by atoms with E-state index in [1.165, 1.54) is 41.0 Å². The molecule has 0 atom stereocenters. The van der Waals surface area contributed by atoms with E-state index >= 15 is 0 Å². The maximum absolute atomic E-state index is 13.6. The number of carbonyl (C=O) groups excluding carboxylic acids is 1. The second-order valence-electron chi connectivity index (χ2n) is 13.9. The molecule has 260 valence electrons. The zero-order chi connectivity index (χ0) is 35.9. The molecule has 1 fully saturated rings. The molecule has 0 saturated heterocycles. The van der Waals surface area contributed by atoms with E-state index in [2.05, 4.69) is 93.9 Å². The monoisotopic (exact) mass is 723 g/mol. The molecule has 1 aliphatic carbocycles. The third kappa shape index (κ3) is 7.14. The Morgan fingerprint density at radius 1 is 0.922 bits per heavy atom. The van der Waals surface area contributed by atoms with E-state index < -0.39 is 25.4 Å². The van der Waals surface area contributed by atoms with Crippen molar-refractivity contribution in [1.82, 2.24) is 19.5 Å². The molecule has 8 nitrogen and oxygen atoms in total. The zero-order valence-corrected chi connectivity index (χ0v) is 30.1. The lowest BCUT2D eigenvalue weighted by Crippen LogP contribution is -2.68. The number of amides is 1. The van der Waals surface area contributed by atoms with Gasteiger partial charge in [0.05, 0.1) is 29.5 Å². The topological polar surface area (TPSA) is 91.2 Å². The van der Waals surface area contributed by atoms with Crippen LogP contribution in [-0.4, -0.2) is 44.9 Å². The Balaban J connectivity index is 1.25. The molecule has 0 bridgehead atoms. The summed E-state index contributed by atoms with van der Waals surface area (Å²) in [7, 11) is -2.84. The molecular weight excluding hydrogens is 688 g/mol. The molecular formula is C39H36ClF2N5O3Si. The predicted octanol–water partition coefficient (Wildman–Crippen LogP) is 8.02. The summed E-state index contributed by atoms with van der Waals surface area (Å²) in [5, 5.41) is 5.09. The van der Waals surface area contributed by atoms with Crippen LogP contribution in [-0.2, 0) is 11.0 Å². The van der Waals surface area contributed by atoms with Crippen molar-refractivity contribution >= 4 is 52.9 Å². The largest absolute Gasteiger partial charge is 0.487 e. The fourth-order valence-corrected chi connectivity index (χ4v) is 11.7. The number of nitrogens with one attached hydrogen (secondary N) is 1. The van der Waals surface area contributed by atoms with Crippen LogP contribution in [0.25, 0.3) is 22.2 Å². The molecule has 0 aliphatic heterocycles. The van der Waals surface area contributed by atoms with Crippen LogP contribution in [0.4, 0.5) is 14.5 Å². The number of carbonyl (C=O) groups is 1. The summed E-state index contributed by atoms with van der Waals surface area (Å²) >= 11 is 4.88. The van der Waals surface area contributed by atoms with Crippen LogP contribution in [0.15, 0.2) is 122 Å². The van der Waals surface area contributed by atoms with Crippen LogP contribution in [0.5, 0.6) is 5.75 Å². The van der Waals surface area contributed by atoms with Gasteiger partial charge in [-0.3, -0.25) is 4.79 Å². The van der Waals surface area contributed by atoms with Gasteiger partial charge in [0.15, 0.2) is 0 Å². The number of benzene rings is 4. The minimum atomic E-state index is -3.84. The summed E-state index contributed by atoms with van der Waals surface area (Å²) in [4.78, 5) is 26.8. The van der Waals surface area contributed by atoms with Gasteiger partial charge in [0.1, 0.15) is 12.1 Å². The van der Waals surface area contributed by atoms with Crippen molar-refractivity contribution in [3.63, 3.8) is 0 Å². The first kappa shape index (κ1) is 34.5. The van der Waals surface area contributed by atoms with E-state index in [9.17, 15) is 13.6 Å². The van der Waals surface area contributed by atoms with Gasteiger partial charge >= 0.3 is 5.57 Å². The summed E-state index contributed by atoms with van der Waals surface area (Å²) in [5.41, 5.74) is -0.611. The first-order valence-electron chi connectivity index (χ1n) is 16.6. The zero-order valence-electron chi connectivity index (χ0n) is 28.3. The Bertz CT molecular complexity index is 2110. The third-order valence-electron chi connectivity index (χ3n) is 9.25. The van der Waals surface area contributed by atoms with E-state index in [1.54, 1.807) is 30.9 Å². The van der Waals surface area contributed by atoms with Crippen molar-refractivity contribution in [2.24, 2.45) is 0 Å². The van der Waals surface area contributed by atoms with Crippen molar-refractivity contribution in [1.29, 1.82) is 0 Å². The molecule has 2 heterocycles. The fourth-order valence-electron chi connectivity index (χ4n) is 6.78. The molecule has 51 heavy (non-hydrogen) atoms. The average Bonchev–Trinajstić information content (AvgIpc) is 3.76. The second kappa shape index (κ2) is 13.3. The van der Waals surface area contributed by atoms with E-state index in [0.29, 0.717) is 23.3 Å². The Morgan fingerprint density at radius 3 is 2.08 bits per heavy atom. The number of anilines is 1. The summed E-state index contributed by atoms with van der Waals surface area (Å²) in [6, 6.07) is 30.3. The highest BCUT2D eigenvalue weighted by molar-refractivity contribution is 6.99. The van der Waals surface area contributed by atoms with Crippen LogP contribution >= 0.6 is 11.6 Å². The molecule has 0 spiro atoms. The number of fused-ring (bicyclic) bond motifs is 1. The number of imidazole rings is 1. The average molecular weight is 724 g/mol. The number of halogens is 3. The van der Waals surface area contributed by atoms with Crippen LogP contribution < -0.4 is 20.4 Å². The molecule has 1 N–H and O–H groups in total. The number of hydrogen-bond acceptors (Lipinski definition) is 6. The van der Waals surface area contributed by atoms with Crippen molar-refractivity contribution < 1.29 is 22.7 Å². The maximum Gasteiger partial charge on any atom is 0.487 e. The lowest BCUT2D eigenvalue weighted by molar-refractivity contribution is -0.0964. The van der Waals surface area contributed by atoms with Gasteiger partial charge in [0.25, 0.3) is 14.2 Å². The van der Waals surface area contributed by atoms with Gasteiger partial charge in [-0.2, -0.15) is 0 Å². The molecule has 4 aromatic carbocycles. The maximum atomic E-state index is 13.6. The molecule has 12 heteroatoms. The summed E-state index contributed by atoms with van der Waals surface area (Å²) < 4.78 is 40.3. The number of ether oxygens (including phenoxy) is 1. The Kier molecular flexibility index (Phi) is 8.99. The smallest absolute Gasteiger partial charge is 0.420 e. The van der Waals surface area contributed by atoms with E-state index in [1.807, 2.05) is 12.1 Å². The summed E-state index contributed by atoms with van der Waals surface area (Å²) in [6.07, 6.45) is 8.47. The third-order valence-corrected chi connectivity index (χ3v) is 14.5. The first-order valence-corrected chi connectivity index (χ1v) is 18.9. The van der Waals surface area contributed by atoms with Gasteiger partial charge in [-0.05, 0) is 64.7 Å². The SMILES string of the molecule is CC(C)(C)[Si](OC1(Cn2cnc3cc(C(=O)Nc4ccc(OC(F)(F)Cl)cc4)cc(-c4cncnc4)c32)CC1)(c1ccccc1)c1ccccc1. The van der Waals surface area contributed by atoms with Crippen LogP contribution in [0.2, 0.25) is 5.04 Å². The number of nitrogens with zero attached hydrogens (tertiary/aromatic N) is 4. The van der Waals surface area contributed by atoms with Gasteiger partial charge in [-0.25, -0.2) is 15.0 Å². The van der Waals surface area contributed by atoms with Crippen LogP contribution in [0.3, 0.4) is 0 Å². The Labute approximate surface area is 300 Å². The highest BCUT2D eigenvalue weighted by Gasteiger charge is 2.58. The van der Waals surface area contributed by atoms with Gasteiger partial charge < -0.3 is 19.0 Å².